The highest BCUT2D eigenvalue weighted by Gasteiger charge is 2.12. The van der Waals surface area contributed by atoms with Crippen LogP contribution in [0.15, 0.2) is 48.7 Å². The summed E-state index contributed by atoms with van der Waals surface area (Å²) in [4.78, 5) is 4.36. The highest BCUT2D eigenvalue weighted by atomic mass is 16.5. The summed E-state index contributed by atoms with van der Waals surface area (Å²) in [6.45, 7) is 0. The lowest BCUT2D eigenvalue weighted by Crippen LogP contribution is -1.96. The highest BCUT2D eigenvalue weighted by molar-refractivity contribution is 5.68. The molecule has 0 unspecified atom stereocenters. The lowest BCUT2D eigenvalue weighted by Gasteiger charge is -2.08. The van der Waals surface area contributed by atoms with Gasteiger partial charge in [-0.05, 0) is 24.3 Å². The van der Waals surface area contributed by atoms with E-state index in [9.17, 15) is 5.11 Å². The number of nitrogens with zero attached hydrogens (tertiary/aromatic N) is 2. The normalized spacial score (nSPS) is 10.7. The number of aromatic hydroxyl groups is 1. The summed E-state index contributed by atoms with van der Waals surface area (Å²) in [5, 5.41) is 9.91. The Hall–Kier alpha value is -2.49. The van der Waals surface area contributed by atoms with E-state index in [1.165, 1.54) is 0 Å². The zero-order valence-corrected chi connectivity index (χ0v) is 9.87. The van der Waals surface area contributed by atoms with Crippen LogP contribution in [0, 0.1) is 0 Å². The Kier molecular flexibility index (Phi) is 2.41. The van der Waals surface area contributed by atoms with Gasteiger partial charge in [0.15, 0.2) is 11.7 Å². The smallest absolute Gasteiger partial charge is 0.199 e. The minimum atomic E-state index is 0.205. The number of imidazole rings is 1. The Labute approximate surface area is 104 Å². The summed E-state index contributed by atoms with van der Waals surface area (Å²) < 4.78 is 7.20. The molecule has 0 aliphatic carbocycles. The molecule has 90 valence electrons. The number of methoxy groups -OCH3 is 1. The molecular weight excluding hydrogens is 228 g/mol. The molecule has 0 amide bonds. The molecule has 0 atom stereocenters. The van der Waals surface area contributed by atoms with Crippen LogP contribution in [0.1, 0.15) is 0 Å². The second-order valence-corrected chi connectivity index (χ2v) is 3.93. The molecule has 0 aliphatic heterocycles. The molecule has 4 nitrogen and oxygen atoms in total. The molecule has 3 rings (SSSR count). The Morgan fingerprint density at radius 2 is 1.94 bits per heavy atom. The van der Waals surface area contributed by atoms with Gasteiger partial charge < -0.3 is 9.84 Å². The Bertz CT molecular complexity index is 704. The second-order valence-electron chi connectivity index (χ2n) is 3.93. The summed E-state index contributed by atoms with van der Waals surface area (Å²) >= 11 is 0. The lowest BCUT2D eigenvalue weighted by molar-refractivity contribution is 0.393. The molecule has 1 aromatic carbocycles. The minimum absolute atomic E-state index is 0.205. The maximum absolute atomic E-state index is 9.91. The number of aromatic nitrogens is 2. The van der Waals surface area contributed by atoms with Crippen molar-refractivity contribution in [1.29, 1.82) is 0 Å². The molecule has 2 heterocycles. The number of pyridine rings is 1. The SMILES string of the molecule is COc1cccc2cnc(-c3ccccc3O)n12. The van der Waals surface area contributed by atoms with E-state index < -0.39 is 0 Å². The Morgan fingerprint density at radius 3 is 2.72 bits per heavy atom. The van der Waals surface area contributed by atoms with Gasteiger partial charge >= 0.3 is 0 Å². The van der Waals surface area contributed by atoms with E-state index in [0.717, 1.165) is 5.52 Å². The molecular formula is C14H12N2O2. The standard InChI is InChI=1S/C14H12N2O2/c1-18-13-8-4-5-10-9-15-14(16(10)13)11-6-2-3-7-12(11)17/h2-9,17H,1H3. The van der Waals surface area contributed by atoms with Crippen molar-refractivity contribution in [3.05, 3.63) is 48.7 Å². The first-order valence-electron chi connectivity index (χ1n) is 5.60. The van der Waals surface area contributed by atoms with Gasteiger partial charge in [0.1, 0.15) is 5.75 Å². The fraction of sp³-hybridized carbons (Fsp3) is 0.0714. The van der Waals surface area contributed by atoms with Crippen LogP contribution in [0.2, 0.25) is 0 Å². The molecule has 2 aromatic heterocycles. The predicted molar refractivity (Wildman–Crippen MR) is 68.8 cm³/mol. The van der Waals surface area contributed by atoms with Crippen molar-refractivity contribution in [2.45, 2.75) is 0 Å². The van der Waals surface area contributed by atoms with Crippen LogP contribution < -0.4 is 4.74 Å². The molecule has 1 N–H and O–H groups in total. The molecule has 18 heavy (non-hydrogen) atoms. The minimum Gasteiger partial charge on any atom is -0.507 e. The number of fused-ring (bicyclic) bond motifs is 1. The maximum atomic E-state index is 9.91. The van der Waals surface area contributed by atoms with Crippen molar-refractivity contribution < 1.29 is 9.84 Å². The lowest BCUT2D eigenvalue weighted by atomic mass is 10.2. The largest absolute Gasteiger partial charge is 0.507 e. The molecule has 0 spiro atoms. The number of ether oxygens (including phenoxy) is 1. The number of phenols is 1. The number of benzene rings is 1. The van der Waals surface area contributed by atoms with Gasteiger partial charge in [-0.2, -0.15) is 0 Å². The van der Waals surface area contributed by atoms with Crippen LogP contribution in [0.4, 0.5) is 0 Å². The monoisotopic (exact) mass is 240 g/mol. The van der Waals surface area contributed by atoms with Crippen LogP contribution in [0.5, 0.6) is 11.6 Å². The topological polar surface area (TPSA) is 46.8 Å². The molecule has 0 saturated heterocycles. The van der Waals surface area contributed by atoms with Gasteiger partial charge in [0.05, 0.1) is 24.4 Å². The third-order valence-electron chi connectivity index (χ3n) is 2.87. The van der Waals surface area contributed by atoms with Crippen molar-refractivity contribution in [1.82, 2.24) is 9.38 Å². The van der Waals surface area contributed by atoms with Crippen LogP contribution in [-0.2, 0) is 0 Å². The van der Waals surface area contributed by atoms with Gasteiger partial charge in [-0.25, -0.2) is 4.98 Å². The summed E-state index contributed by atoms with van der Waals surface area (Å²) in [7, 11) is 1.61. The molecule has 0 saturated carbocycles. The number of phenolic OH excluding ortho intramolecular Hbond substituents is 1. The number of para-hydroxylation sites is 1. The molecule has 0 fully saturated rings. The van der Waals surface area contributed by atoms with Crippen molar-refractivity contribution >= 4 is 5.52 Å². The van der Waals surface area contributed by atoms with Gasteiger partial charge in [-0.3, -0.25) is 4.40 Å². The first-order chi connectivity index (χ1) is 8.81. The van der Waals surface area contributed by atoms with Gasteiger partial charge in [-0.15, -0.1) is 0 Å². The third-order valence-corrected chi connectivity index (χ3v) is 2.87. The third kappa shape index (κ3) is 1.50. The molecule has 3 aromatic rings. The van der Waals surface area contributed by atoms with Crippen molar-refractivity contribution in [3.63, 3.8) is 0 Å². The summed E-state index contributed by atoms with van der Waals surface area (Å²) in [6, 6.07) is 12.8. The van der Waals surface area contributed by atoms with E-state index >= 15 is 0 Å². The molecule has 4 heteroatoms. The molecule has 0 radical (unpaired) electrons. The van der Waals surface area contributed by atoms with E-state index in [-0.39, 0.29) is 5.75 Å². The summed E-state index contributed by atoms with van der Waals surface area (Å²) in [6.07, 6.45) is 1.75. The van der Waals surface area contributed by atoms with Crippen LogP contribution in [0.3, 0.4) is 0 Å². The molecule has 0 aliphatic rings. The zero-order valence-electron chi connectivity index (χ0n) is 9.87. The first kappa shape index (κ1) is 10.7. The van der Waals surface area contributed by atoms with E-state index in [4.69, 9.17) is 4.74 Å². The van der Waals surface area contributed by atoms with Crippen molar-refractivity contribution in [3.8, 4) is 23.0 Å². The van der Waals surface area contributed by atoms with E-state index in [2.05, 4.69) is 4.98 Å². The summed E-state index contributed by atoms with van der Waals surface area (Å²) in [5.41, 5.74) is 1.61. The zero-order chi connectivity index (χ0) is 12.5. The first-order valence-corrected chi connectivity index (χ1v) is 5.60. The van der Waals surface area contributed by atoms with E-state index in [1.807, 2.05) is 34.7 Å². The Morgan fingerprint density at radius 1 is 1.11 bits per heavy atom. The van der Waals surface area contributed by atoms with E-state index in [1.54, 1.807) is 25.4 Å². The van der Waals surface area contributed by atoms with Gasteiger partial charge in [0.2, 0.25) is 0 Å². The Balaban J connectivity index is 2.34. The highest BCUT2D eigenvalue weighted by Crippen LogP contribution is 2.30. The fourth-order valence-electron chi connectivity index (χ4n) is 2.03. The van der Waals surface area contributed by atoms with Gasteiger partial charge in [0.25, 0.3) is 0 Å². The van der Waals surface area contributed by atoms with Crippen molar-refractivity contribution in [2.24, 2.45) is 0 Å². The van der Waals surface area contributed by atoms with E-state index in [0.29, 0.717) is 17.3 Å². The number of rotatable bonds is 2. The average molecular weight is 240 g/mol. The number of hydrogen-bond donors (Lipinski definition) is 1. The summed E-state index contributed by atoms with van der Waals surface area (Å²) in [5.74, 6) is 1.56. The van der Waals surface area contributed by atoms with Crippen LogP contribution in [-0.4, -0.2) is 21.6 Å². The predicted octanol–water partition coefficient (Wildman–Crippen LogP) is 2.72. The van der Waals surface area contributed by atoms with Gasteiger partial charge in [-0.1, -0.05) is 18.2 Å². The average Bonchev–Trinajstić information content (AvgIpc) is 2.83. The molecule has 0 bridgehead atoms. The second kappa shape index (κ2) is 4.07. The number of hydrogen-bond acceptors (Lipinski definition) is 3. The van der Waals surface area contributed by atoms with Gasteiger partial charge in [0, 0.05) is 0 Å². The van der Waals surface area contributed by atoms with Crippen LogP contribution in [0.25, 0.3) is 16.9 Å². The van der Waals surface area contributed by atoms with Crippen molar-refractivity contribution in [2.75, 3.05) is 7.11 Å². The quantitative estimate of drug-likeness (QED) is 0.749. The van der Waals surface area contributed by atoms with Crippen LogP contribution >= 0.6 is 0 Å². The maximum Gasteiger partial charge on any atom is 0.199 e. The fourth-order valence-corrected chi connectivity index (χ4v) is 2.03.